The summed E-state index contributed by atoms with van der Waals surface area (Å²) in [6, 6.07) is 15.0. The predicted molar refractivity (Wildman–Crippen MR) is 144 cm³/mol. The van der Waals surface area contributed by atoms with E-state index in [1.165, 1.54) is 12.1 Å². The number of anilines is 1. The first-order chi connectivity index (χ1) is 17.6. The third kappa shape index (κ3) is 6.36. The van der Waals surface area contributed by atoms with Gasteiger partial charge in [0.05, 0.1) is 11.1 Å². The number of ether oxygens (including phenoxy) is 1. The van der Waals surface area contributed by atoms with Gasteiger partial charge in [0, 0.05) is 17.3 Å². The minimum Gasteiger partial charge on any atom is -0.423 e. The molecule has 38 heavy (non-hydrogen) atoms. The van der Waals surface area contributed by atoms with Crippen LogP contribution in [0, 0.1) is 12.3 Å². The summed E-state index contributed by atoms with van der Waals surface area (Å²) >= 11 is 0. The molecule has 2 aromatic heterocycles. The quantitative estimate of drug-likeness (QED) is 0.205. The van der Waals surface area contributed by atoms with Crippen LogP contribution in [0.15, 0.2) is 66.9 Å². The number of benzene rings is 2. The molecule has 0 atom stereocenters. The monoisotopic (exact) mass is 523 g/mol. The topological polar surface area (TPSA) is 55.6 Å². The van der Waals surface area contributed by atoms with Gasteiger partial charge in [0.25, 0.3) is 0 Å². The maximum absolute atomic E-state index is 13.0. The van der Waals surface area contributed by atoms with E-state index in [-0.39, 0.29) is 22.3 Å². The molecule has 4 rings (SSSR count). The summed E-state index contributed by atoms with van der Waals surface area (Å²) in [5.74, 6) is 0.208. The van der Waals surface area contributed by atoms with Crippen molar-refractivity contribution in [1.29, 1.82) is 0 Å². The van der Waals surface area contributed by atoms with E-state index in [0.29, 0.717) is 0 Å². The molecular weight excluding hydrogens is 491 g/mol. The number of pyridine rings is 1. The van der Waals surface area contributed by atoms with Gasteiger partial charge in [-0.3, -0.25) is 4.40 Å². The molecule has 0 saturated carbocycles. The van der Waals surface area contributed by atoms with Crippen molar-refractivity contribution in [2.45, 2.75) is 59.7 Å². The van der Waals surface area contributed by atoms with Crippen LogP contribution in [-0.4, -0.2) is 20.9 Å². The van der Waals surface area contributed by atoms with Crippen LogP contribution in [0.5, 0.6) is 5.75 Å². The second-order valence-electron chi connectivity index (χ2n) is 11.5. The highest BCUT2D eigenvalue weighted by atomic mass is 19.4. The van der Waals surface area contributed by atoms with Crippen molar-refractivity contribution in [2.75, 3.05) is 5.32 Å². The van der Waals surface area contributed by atoms with Gasteiger partial charge in [0.1, 0.15) is 22.9 Å². The van der Waals surface area contributed by atoms with Crippen molar-refractivity contribution >= 4 is 17.4 Å². The van der Waals surface area contributed by atoms with Crippen molar-refractivity contribution in [1.82, 2.24) is 9.38 Å². The second kappa shape index (κ2) is 9.82. The summed E-state index contributed by atoms with van der Waals surface area (Å²) in [6.07, 6.45) is -1.64. The van der Waals surface area contributed by atoms with Gasteiger partial charge in [0.2, 0.25) is 0 Å². The summed E-state index contributed by atoms with van der Waals surface area (Å²) in [6.45, 7) is 12.9. The van der Waals surface area contributed by atoms with E-state index in [4.69, 9.17) is 9.72 Å². The molecule has 0 aliphatic heterocycles. The average molecular weight is 524 g/mol. The normalized spacial score (nSPS) is 12.6. The molecule has 0 aliphatic rings. The number of halogens is 3. The van der Waals surface area contributed by atoms with Gasteiger partial charge in [-0.2, -0.15) is 13.2 Å². The van der Waals surface area contributed by atoms with Crippen molar-refractivity contribution in [3.63, 3.8) is 0 Å². The molecule has 0 unspecified atom stereocenters. The Kier molecular flexibility index (Phi) is 7.03. The number of nitrogens with one attached hydrogen (secondary N) is 1. The zero-order valence-electron chi connectivity index (χ0n) is 22.4. The standard InChI is InChI=1S/C30H32F3N3O2/c1-19-14-15-36-24(16-19)34-25(26(36)35-29(5,6)18-28(2,3)4)20-10-12-23(13-11-20)38-27(37)21-8-7-9-22(17-21)30(31,32)33/h7-17,35H,18H2,1-6H3. The summed E-state index contributed by atoms with van der Waals surface area (Å²) in [7, 11) is 0. The number of carbonyl (C=O) groups excluding carboxylic acids is 1. The van der Waals surface area contributed by atoms with E-state index < -0.39 is 17.7 Å². The Labute approximate surface area is 220 Å². The lowest BCUT2D eigenvalue weighted by molar-refractivity contribution is -0.137. The van der Waals surface area contributed by atoms with E-state index in [1.807, 2.05) is 29.7 Å². The van der Waals surface area contributed by atoms with Crippen LogP contribution in [0.1, 0.15) is 62.5 Å². The van der Waals surface area contributed by atoms with Crippen LogP contribution in [0.4, 0.5) is 19.0 Å². The number of imidazole rings is 1. The molecule has 0 radical (unpaired) electrons. The highest BCUT2D eigenvalue weighted by Crippen LogP contribution is 2.36. The Morgan fingerprint density at radius 1 is 0.974 bits per heavy atom. The zero-order valence-corrected chi connectivity index (χ0v) is 22.4. The molecule has 1 N–H and O–H groups in total. The van der Waals surface area contributed by atoms with E-state index in [1.54, 1.807) is 24.3 Å². The van der Waals surface area contributed by atoms with E-state index in [2.05, 4.69) is 39.9 Å². The number of aryl methyl sites for hydroxylation is 1. The van der Waals surface area contributed by atoms with Crippen LogP contribution in [-0.2, 0) is 6.18 Å². The fraction of sp³-hybridized carbons (Fsp3) is 0.333. The maximum atomic E-state index is 13.0. The fourth-order valence-corrected chi connectivity index (χ4v) is 4.83. The van der Waals surface area contributed by atoms with Gasteiger partial charge in [-0.25, -0.2) is 9.78 Å². The molecule has 0 aliphatic carbocycles. The minimum absolute atomic E-state index is 0.110. The summed E-state index contributed by atoms with van der Waals surface area (Å²) in [4.78, 5) is 17.4. The van der Waals surface area contributed by atoms with Crippen molar-refractivity contribution in [3.8, 4) is 17.0 Å². The maximum Gasteiger partial charge on any atom is 0.416 e. The summed E-state index contributed by atoms with van der Waals surface area (Å²) < 4.78 is 46.4. The smallest absolute Gasteiger partial charge is 0.416 e. The van der Waals surface area contributed by atoms with Crippen molar-refractivity contribution < 1.29 is 22.7 Å². The molecule has 0 bridgehead atoms. The number of hydrogen-bond acceptors (Lipinski definition) is 4. The molecule has 5 nitrogen and oxygen atoms in total. The Bertz CT molecular complexity index is 1460. The molecule has 0 amide bonds. The van der Waals surface area contributed by atoms with Gasteiger partial charge >= 0.3 is 12.1 Å². The number of nitrogens with zero attached hydrogens (tertiary/aromatic N) is 2. The van der Waals surface area contributed by atoms with Crippen LogP contribution < -0.4 is 10.1 Å². The summed E-state index contributed by atoms with van der Waals surface area (Å²) in [5.41, 5.74) is 2.24. The van der Waals surface area contributed by atoms with Crippen LogP contribution >= 0.6 is 0 Å². The first-order valence-electron chi connectivity index (χ1n) is 12.4. The number of fused-ring (bicyclic) bond motifs is 1. The van der Waals surface area contributed by atoms with Gasteiger partial charge in [-0.1, -0.05) is 26.8 Å². The first-order valence-corrected chi connectivity index (χ1v) is 12.4. The summed E-state index contributed by atoms with van der Waals surface area (Å²) in [5, 5.41) is 3.69. The lowest BCUT2D eigenvalue weighted by Crippen LogP contribution is -2.36. The molecule has 0 saturated heterocycles. The highest BCUT2D eigenvalue weighted by Gasteiger charge is 2.31. The lowest BCUT2D eigenvalue weighted by Gasteiger charge is -2.34. The Morgan fingerprint density at radius 2 is 1.66 bits per heavy atom. The molecule has 8 heteroatoms. The van der Waals surface area contributed by atoms with Gasteiger partial charge in [-0.05, 0) is 92.8 Å². The number of alkyl halides is 3. The second-order valence-corrected chi connectivity index (χ2v) is 11.5. The van der Waals surface area contributed by atoms with Crippen molar-refractivity contribution in [2.24, 2.45) is 5.41 Å². The number of rotatable bonds is 6. The average Bonchev–Trinajstić information content (AvgIpc) is 3.14. The molecular formula is C30H32F3N3O2. The van der Waals surface area contributed by atoms with Gasteiger partial charge in [-0.15, -0.1) is 0 Å². The fourth-order valence-electron chi connectivity index (χ4n) is 4.83. The van der Waals surface area contributed by atoms with E-state index in [9.17, 15) is 18.0 Å². The lowest BCUT2D eigenvalue weighted by atomic mass is 9.82. The zero-order chi connectivity index (χ0) is 27.9. The SMILES string of the molecule is Cc1ccn2c(NC(C)(C)CC(C)(C)C)c(-c3ccc(OC(=O)c4cccc(C(F)(F)F)c4)cc3)nc2c1. The van der Waals surface area contributed by atoms with Crippen LogP contribution in [0.2, 0.25) is 0 Å². The molecule has 0 spiro atoms. The number of carbonyl (C=O) groups is 1. The van der Waals surface area contributed by atoms with Gasteiger partial charge in [0.15, 0.2) is 0 Å². The Hall–Kier alpha value is -3.81. The Morgan fingerprint density at radius 3 is 2.29 bits per heavy atom. The third-order valence-corrected chi connectivity index (χ3v) is 5.97. The van der Waals surface area contributed by atoms with E-state index in [0.717, 1.165) is 46.8 Å². The van der Waals surface area contributed by atoms with Crippen LogP contribution in [0.3, 0.4) is 0 Å². The Balaban J connectivity index is 1.63. The van der Waals surface area contributed by atoms with Crippen molar-refractivity contribution in [3.05, 3.63) is 83.6 Å². The third-order valence-electron chi connectivity index (χ3n) is 5.97. The van der Waals surface area contributed by atoms with E-state index >= 15 is 0 Å². The minimum atomic E-state index is -4.54. The molecule has 2 aromatic carbocycles. The first kappa shape index (κ1) is 27.2. The molecule has 0 fully saturated rings. The van der Waals surface area contributed by atoms with Crippen LogP contribution in [0.25, 0.3) is 16.9 Å². The number of aromatic nitrogens is 2. The largest absolute Gasteiger partial charge is 0.423 e. The molecule has 4 aromatic rings. The number of hydrogen-bond donors (Lipinski definition) is 1. The predicted octanol–water partition coefficient (Wildman–Crippen LogP) is 8.17. The van der Waals surface area contributed by atoms with Gasteiger partial charge < -0.3 is 10.1 Å². The molecule has 2 heterocycles. The molecule has 200 valence electrons. The highest BCUT2D eigenvalue weighted by molar-refractivity contribution is 5.91. The number of esters is 1.